The maximum atomic E-state index is 12.4. The SMILES string of the molecule is [2H]c1cc(F)cnc1NCC. The fourth-order valence-corrected chi connectivity index (χ4v) is 0.602. The minimum absolute atomic E-state index is 0.0897. The Morgan fingerprint density at radius 3 is 3.30 bits per heavy atom. The zero-order valence-corrected chi connectivity index (χ0v) is 5.69. The minimum Gasteiger partial charge on any atom is -0.370 e. The Morgan fingerprint density at radius 2 is 2.70 bits per heavy atom. The molecule has 0 aromatic carbocycles. The average molecular weight is 141 g/mol. The van der Waals surface area contributed by atoms with E-state index < -0.39 is 5.82 Å². The summed E-state index contributed by atoms with van der Waals surface area (Å²) in [6.07, 6.45) is 1.09. The number of hydrogen-bond acceptors (Lipinski definition) is 2. The van der Waals surface area contributed by atoms with Crippen LogP contribution in [-0.4, -0.2) is 11.5 Å². The fraction of sp³-hybridized carbons (Fsp3) is 0.286. The highest BCUT2D eigenvalue weighted by Crippen LogP contribution is 2.01. The van der Waals surface area contributed by atoms with E-state index in [-0.39, 0.29) is 6.04 Å². The van der Waals surface area contributed by atoms with Crippen LogP contribution in [0.3, 0.4) is 0 Å². The van der Waals surface area contributed by atoms with Crippen LogP contribution in [0.1, 0.15) is 8.29 Å². The summed E-state index contributed by atoms with van der Waals surface area (Å²) in [5.41, 5.74) is 0. The molecule has 1 N–H and O–H groups in total. The normalized spacial score (nSPS) is 10.8. The zero-order valence-electron chi connectivity index (χ0n) is 6.69. The van der Waals surface area contributed by atoms with E-state index in [9.17, 15) is 4.39 Å². The van der Waals surface area contributed by atoms with Crippen LogP contribution in [-0.2, 0) is 0 Å². The number of nitrogens with zero attached hydrogens (tertiary/aromatic N) is 1. The summed E-state index contributed by atoms with van der Waals surface area (Å²) in [5.74, 6) is -0.0504. The standard InChI is InChI=1S/C7H9FN2/c1-2-9-7-4-3-6(8)5-10-7/h3-5H,2H2,1H3,(H,9,10)/i4D. The Hall–Kier alpha value is -1.12. The molecule has 0 aliphatic rings. The average Bonchev–Trinajstić information content (AvgIpc) is 1.95. The van der Waals surface area contributed by atoms with Crippen molar-refractivity contribution in [1.82, 2.24) is 4.98 Å². The largest absolute Gasteiger partial charge is 0.370 e. The van der Waals surface area contributed by atoms with Gasteiger partial charge in [0, 0.05) is 6.54 Å². The molecule has 0 aliphatic carbocycles. The molecule has 54 valence electrons. The predicted molar refractivity (Wildman–Crippen MR) is 38.4 cm³/mol. The van der Waals surface area contributed by atoms with Crippen molar-refractivity contribution < 1.29 is 5.76 Å². The number of nitrogens with one attached hydrogen (secondary N) is 1. The Balaban J connectivity index is 2.90. The van der Waals surface area contributed by atoms with Crippen LogP contribution in [0.4, 0.5) is 10.2 Å². The topological polar surface area (TPSA) is 24.9 Å². The molecule has 10 heavy (non-hydrogen) atoms. The van der Waals surface area contributed by atoms with Crippen LogP contribution in [0.2, 0.25) is 0 Å². The highest BCUT2D eigenvalue weighted by atomic mass is 19.1. The number of halogens is 1. The smallest absolute Gasteiger partial charge is 0.141 e. The van der Waals surface area contributed by atoms with E-state index in [4.69, 9.17) is 1.37 Å². The molecule has 0 spiro atoms. The van der Waals surface area contributed by atoms with Crippen molar-refractivity contribution in [3.63, 3.8) is 0 Å². The van der Waals surface area contributed by atoms with Crippen LogP contribution in [0, 0.1) is 5.82 Å². The molecule has 0 amide bonds. The molecular formula is C7H9FN2. The van der Waals surface area contributed by atoms with Gasteiger partial charge in [0.15, 0.2) is 0 Å². The molecule has 0 saturated carbocycles. The van der Waals surface area contributed by atoms with Crippen molar-refractivity contribution in [3.8, 4) is 0 Å². The van der Waals surface area contributed by atoms with Crippen LogP contribution in [0.5, 0.6) is 0 Å². The molecule has 0 fully saturated rings. The lowest BCUT2D eigenvalue weighted by Gasteiger charge is -1.98. The van der Waals surface area contributed by atoms with Gasteiger partial charge in [0.1, 0.15) is 11.6 Å². The third kappa shape index (κ3) is 1.69. The van der Waals surface area contributed by atoms with Crippen molar-refractivity contribution in [2.75, 3.05) is 11.9 Å². The van der Waals surface area contributed by atoms with Crippen molar-refractivity contribution in [2.24, 2.45) is 0 Å². The molecule has 3 heteroatoms. The van der Waals surface area contributed by atoms with Gasteiger partial charge in [0.05, 0.1) is 7.57 Å². The molecule has 1 aromatic rings. The fourth-order valence-electron chi connectivity index (χ4n) is 0.602. The van der Waals surface area contributed by atoms with Gasteiger partial charge in [-0.2, -0.15) is 0 Å². The van der Waals surface area contributed by atoms with Gasteiger partial charge in [-0.15, -0.1) is 0 Å². The van der Waals surface area contributed by atoms with E-state index >= 15 is 0 Å². The van der Waals surface area contributed by atoms with Gasteiger partial charge < -0.3 is 5.32 Å². The first kappa shape index (κ1) is 5.65. The quantitative estimate of drug-likeness (QED) is 0.677. The molecule has 0 saturated heterocycles. The molecule has 0 radical (unpaired) electrons. The summed E-state index contributed by atoms with van der Waals surface area (Å²) in [6.45, 7) is 2.58. The molecule has 1 heterocycles. The number of anilines is 1. The van der Waals surface area contributed by atoms with Gasteiger partial charge in [0.2, 0.25) is 0 Å². The van der Waals surface area contributed by atoms with Gasteiger partial charge in [-0.05, 0) is 19.0 Å². The monoisotopic (exact) mass is 141 g/mol. The third-order valence-electron chi connectivity index (χ3n) is 1.01. The molecule has 0 unspecified atom stereocenters. The van der Waals surface area contributed by atoms with E-state index in [1.165, 1.54) is 0 Å². The Morgan fingerprint density at radius 1 is 1.90 bits per heavy atom. The summed E-state index contributed by atoms with van der Waals surface area (Å²) in [4.78, 5) is 3.69. The summed E-state index contributed by atoms with van der Waals surface area (Å²) in [7, 11) is 0. The summed E-state index contributed by atoms with van der Waals surface area (Å²) >= 11 is 0. The molecule has 0 aliphatic heterocycles. The maximum Gasteiger partial charge on any atom is 0.141 e. The van der Waals surface area contributed by atoms with Gasteiger partial charge in [0.25, 0.3) is 0 Å². The van der Waals surface area contributed by atoms with Gasteiger partial charge in [-0.3, -0.25) is 0 Å². The second-order valence-corrected chi connectivity index (χ2v) is 1.81. The lowest BCUT2D eigenvalue weighted by atomic mass is 10.4. The van der Waals surface area contributed by atoms with Crippen molar-refractivity contribution in [3.05, 3.63) is 24.1 Å². The van der Waals surface area contributed by atoms with E-state index in [0.29, 0.717) is 12.4 Å². The molecule has 1 aromatic heterocycles. The lowest BCUT2D eigenvalue weighted by molar-refractivity contribution is 0.622. The second-order valence-electron chi connectivity index (χ2n) is 1.81. The first-order valence-corrected chi connectivity index (χ1v) is 3.10. The number of hydrogen-bond donors (Lipinski definition) is 1. The molecule has 0 bridgehead atoms. The van der Waals surface area contributed by atoms with Crippen LogP contribution in [0.25, 0.3) is 0 Å². The Bertz CT molecular complexity index is 252. The first-order valence-electron chi connectivity index (χ1n) is 3.60. The van der Waals surface area contributed by atoms with Crippen molar-refractivity contribution in [1.29, 1.82) is 0 Å². The van der Waals surface area contributed by atoms with E-state index in [1.807, 2.05) is 6.92 Å². The summed E-state index contributed by atoms with van der Waals surface area (Å²) in [6, 6.07) is 1.22. The van der Waals surface area contributed by atoms with Gasteiger partial charge >= 0.3 is 0 Å². The molecular weight excluding hydrogens is 131 g/mol. The van der Waals surface area contributed by atoms with E-state index in [1.54, 1.807) is 0 Å². The zero-order chi connectivity index (χ0) is 8.27. The summed E-state index contributed by atoms with van der Waals surface area (Å²) in [5, 5.41) is 2.84. The molecule has 0 atom stereocenters. The van der Waals surface area contributed by atoms with Gasteiger partial charge in [-0.25, -0.2) is 9.37 Å². The van der Waals surface area contributed by atoms with Crippen LogP contribution < -0.4 is 5.32 Å². The van der Waals surface area contributed by atoms with E-state index in [2.05, 4.69) is 10.3 Å². The predicted octanol–water partition coefficient (Wildman–Crippen LogP) is 1.65. The van der Waals surface area contributed by atoms with Crippen molar-refractivity contribution in [2.45, 2.75) is 6.92 Å². The Kier molecular flexibility index (Phi) is 1.78. The van der Waals surface area contributed by atoms with Crippen LogP contribution >= 0.6 is 0 Å². The third-order valence-corrected chi connectivity index (χ3v) is 1.01. The minimum atomic E-state index is -0.475. The molecule has 2 nitrogen and oxygen atoms in total. The first-order chi connectivity index (χ1) is 5.24. The van der Waals surface area contributed by atoms with Gasteiger partial charge in [-0.1, -0.05) is 0 Å². The summed E-state index contributed by atoms with van der Waals surface area (Å²) < 4.78 is 19.6. The maximum absolute atomic E-state index is 12.4. The van der Waals surface area contributed by atoms with E-state index in [0.717, 1.165) is 12.3 Å². The number of aromatic nitrogens is 1. The highest BCUT2D eigenvalue weighted by molar-refractivity contribution is 5.32. The Labute approximate surface area is 60.5 Å². The number of pyridine rings is 1. The van der Waals surface area contributed by atoms with Crippen molar-refractivity contribution >= 4 is 5.82 Å². The highest BCUT2D eigenvalue weighted by Gasteiger charge is 1.90. The lowest BCUT2D eigenvalue weighted by Crippen LogP contribution is -1.98. The van der Waals surface area contributed by atoms with Crippen LogP contribution in [0.15, 0.2) is 18.3 Å². The second kappa shape index (κ2) is 3.15. The molecule has 1 rings (SSSR count). The number of rotatable bonds is 2.